The molecule has 1 aromatic carbocycles. The third-order valence-corrected chi connectivity index (χ3v) is 3.62. The largest absolute Gasteiger partial charge is 0.478 e. The van der Waals surface area contributed by atoms with Crippen molar-refractivity contribution in [1.29, 1.82) is 0 Å². The topological polar surface area (TPSA) is 63.6 Å². The van der Waals surface area contributed by atoms with Crippen LogP contribution in [-0.2, 0) is 14.3 Å². The van der Waals surface area contributed by atoms with Crippen LogP contribution in [0.25, 0.3) is 6.08 Å². The van der Waals surface area contributed by atoms with Crippen molar-refractivity contribution in [2.75, 3.05) is 6.61 Å². The first-order valence-corrected chi connectivity index (χ1v) is 9.40. The molecule has 0 aliphatic heterocycles. The van der Waals surface area contributed by atoms with Crippen molar-refractivity contribution >= 4 is 18.0 Å². The van der Waals surface area contributed by atoms with Crippen molar-refractivity contribution in [1.82, 2.24) is 0 Å². The van der Waals surface area contributed by atoms with Gasteiger partial charge in [-0.15, -0.1) is 0 Å². The Bertz CT molecular complexity index is 627. The summed E-state index contributed by atoms with van der Waals surface area (Å²) in [5.41, 5.74) is 1.96. The lowest BCUT2D eigenvalue weighted by Crippen LogP contribution is -2.05. The Labute approximate surface area is 163 Å². The third-order valence-electron chi connectivity index (χ3n) is 3.62. The van der Waals surface area contributed by atoms with Crippen molar-refractivity contribution in [2.45, 2.75) is 52.9 Å². The summed E-state index contributed by atoms with van der Waals surface area (Å²) < 4.78 is 4.91. The maximum Gasteiger partial charge on any atom is 0.333 e. The number of carboxylic acids is 1. The summed E-state index contributed by atoms with van der Waals surface area (Å²) >= 11 is 0. The predicted molar refractivity (Wildman–Crippen MR) is 111 cm³/mol. The van der Waals surface area contributed by atoms with E-state index in [2.05, 4.69) is 13.5 Å². The molecule has 1 N–H and O–H groups in total. The zero-order chi connectivity index (χ0) is 20.5. The molecule has 1 aromatic rings. The van der Waals surface area contributed by atoms with Gasteiger partial charge in [-0.1, -0.05) is 88.2 Å². The van der Waals surface area contributed by atoms with Crippen molar-refractivity contribution < 1.29 is 19.4 Å². The van der Waals surface area contributed by atoms with Gasteiger partial charge in [-0.25, -0.2) is 9.59 Å². The van der Waals surface area contributed by atoms with Gasteiger partial charge in [0.25, 0.3) is 0 Å². The smallest absolute Gasteiger partial charge is 0.333 e. The van der Waals surface area contributed by atoms with Crippen LogP contribution in [0.3, 0.4) is 0 Å². The summed E-state index contributed by atoms with van der Waals surface area (Å²) in [4.78, 5) is 21.5. The van der Waals surface area contributed by atoms with Crippen LogP contribution in [0.15, 0.2) is 60.2 Å². The third kappa shape index (κ3) is 13.3. The van der Waals surface area contributed by atoms with E-state index in [0.29, 0.717) is 24.2 Å². The summed E-state index contributed by atoms with van der Waals surface area (Å²) in [5, 5.41) is 8.77. The van der Waals surface area contributed by atoms with Crippen LogP contribution in [0.5, 0.6) is 0 Å². The minimum atomic E-state index is -0.852. The summed E-state index contributed by atoms with van der Waals surface area (Å²) in [6.45, 7) is 9.67. The van der Waals surface area contributed by atoms with Crippen LogP contribution in [-0.4, -0.2) is 23.7 Å². The van der Waals surface area contributed by atoms with Crippen LogP contribution in [0, 0.1) is 0 Å². The molecule has 0 heterocycles. The van der Waals surface area contributed by atoms with Crippen LogP contribution in [0.4, 0.5) is 0 Å². The van der Waals surface area contributed by atoms with Gasteiger partial charge in [-0.3, -0.25) is 0 Å². The Kier molecular flexibility index (Phi) is 14.1. The average molecular weight is 373 g/mol. The van der Waals surface area contributed by atoms with E-state index in [1.807, 2.05) is 43.3 Å². The van der Waals surface area contributed by atoms with Gasteiger partial charge in [0.1, 0.15) is 0 Å². The molecule has 0 atom stereocenters. The van der Waals surface area contributed by atoms with Crippen LogP contribution in [0.2, 0.25) is 0 Å². The van der Waals surface area contributed by atoms with Crippen molar-refractivity contribution in [3.8, 4) is 0 Å². The van der Waals surface area contributed by atoms with Crippen LogP contribution in [0.1, 0.15) is 58.4 Å². The molecule has 0 unspecified atom stereocenters. The quantitative estimate of drug-likeness (QED) is 0.244. The second kappa shape index (κ2) is 15.6. The standard InChI is InChI=1S/C13H14O2.C10H18O2/c1-2-12(13(14)15)10-6-9-11-7-4-3-5-8-11;1-4-5-6-7-8-12-10(11)9(2)3/h3-10H,2H2,1H3,(H,14,15);2,4-8H2,1,3H3. The van der Waals surface area contributed by atoms with Crippen LogP contribution < -0.4 is 0 Å². The number of aliphatic carboxylic acids is 1. The first kappa shape index (κ1) is 24.4. The molecule has 4 heteroatoms. The summed E-state index contributed by atoms with van der Waals surface area (Å²) in [6, 6.07) is 9.78. The molecular formula is C23H32O4. The van der Waals surface area contributed by atoms with E-state index in [0.717, 1.165) is 18.4 Å². The lowest BCUT2D eigenvalue weighted by atomic mass is 10.1. The Balaban J connectivity index is 0.000000516. The summed E-state index contributed by atoms with van der Waals surface area (Å²) in [5.74, 6) is -1.12. The molecule has 0 aliphatic carbocycles. The molecule has 0 saturated heterocycles. The number of carbonyl (C=O) groups is 2. The van der Waals surface area contributed by atoms with Crippen molar-refractivity contribution in [3.63, 3.8) is 0 Å². The number of unbranched alkanes of at least 4 members (excludes halogenated alkanes) is 3. The number of carbonyl (C=O) groups excluding carboxylic acids is 1. The molecule has 0 aliphatic rings. The van der Waals surface area contributed by atoms with E-state index in [1.165, 1.54) is 12.8 Å². The number of hydrogen-bond donors (Lipinski definition) is 1. The number of hydrogen-bond acceptors (Lipinski definition) is 3. The van der Waals surface area contributed by atoms with E-state index in [9.17, 15) is 9.59 Å². The molecule has 0 bridgehead atoms. The van der Waals surface area contributed by atoms with Crippen LogP contribution >= 0.6 is 0 Å². The maximum absolute atomic E-state index is 10.9. The average Bonchev–Trinajstić information content (AvgIpc) is 2.66. The molecule has 4 nitrogen and oxygen atoms in total. The number of allylic oxidation sites excluding steroid dienone is 2. The highest BCUT2D eigenvalue weighted by Crippen LogP contribution is 2.04. The van der Waals surface area contributed by atoms with E-state index < -0.39 is 5.97 Å². The highest BCUT2D eigenvalue weighted by Gasteiger charge is 2.01. The van der Waals surface area contributed by atoms with Gasteiger partial charge < -0.3 is 9.84 Å². The molecule has 0 aromatic heterocycles. The van der Waals surface area contributed by atoms with E-state index in [-0.39, 0.29) is 5.97 Å². The van der Waals surface area contributed by atoms with Gasteiger partial charge in [-0.05, 0) is 25.3 Å². The number of rotatable bonds is 10. The number of esters is 1. The maximum atomic E-state index is 10.9. The molecule has 0 radical (unpaired) electrons. The Hall–Kier alpha value is -2.62. The van der Waals surface area contributed by atoms with Gasteiger partial charge in [0.05, 0.1) is 6.61 Å². The highest BCUT2D eigenvalue weighted by molar-refractivity contribution is 5.87. The predicted octanol–water partition coefficient (Wildman–Crippen LogP) is 5.81. The van der Waals surface area contributed by atoms with Gasteiger partial charge >= 0.3 is 11.9 Å². The zero-order valence-corrected chi connectivity index (χ0v) is 16.7. The first-order valence-electron chi connectivity index (χ1n) is 9.40. The van der Waals surface area contributed by atoms with E-state index >= 15 is 0 Å². The van der Waals surface area contributed by atoms with Gasteiger partial charge in [-0.2, -0.15) is 0 Å². The summed E-state index contributed by atoms with van der Waals surface area (Å²) in [7, 11) is 0. The fourth-order valence-electron chi connectivity index (χ4n) is 2.00. The van der Waals surface area contributed by atoms with Crippen molar-refractivity contribution in [2.24, 2.45) is 0 Å². The zero-order valence-electron chi connectivity index (χ0n) is 16.7. The first-order chi connectivity index (χ1) is 12.9. The number of carboxylic acid groups (broad SMARTS) is 1. The normalized spacial score (nSPS) is 10.9. The molecule has 27 heavy (non-hydrogen) atoms. The molecule has 0 spiro atoms. The van der Waals surface area contributed by atoms with Gasteiger partial charge in [0, 0.05) is 11.1 Å². The molecule has 0 saturated carbocycles. The molecule has 0 fully saturated rings. The second-order valence-electron chi connectivity index (χ2n) is 6.10. The van der Waals surface area contributed by atoms with Crippen molar-refractivity contribution in [3.05, 3.63) is 65.8 Å². The Morgan fingerprint density at radius 2 is 1.78 bits per heavy atom. The summed E-state index contributed by atoms with van der Waals surface area (Å²) in [6.07, 6.45) is 10.3. The fraction of sp³-hybridized carbons (Fsp3) is 0.391. The Morgan fingerprint density at radius 3 is 2.30 bits per heavy atom. The second-order valence-corrected chi connectivity index (χ2v) is 6.10. The monoisotopic (exact) mass is 372 g/mol. The highest BCUT2D eigenvalue weighted by atomic mass is 16.5. The molecule has 0 amide bonds. The fourth-order valence-corrected chi connectivity index (χ4v) is 2.00. The van der Waals surface area contributed by atoms with E-state index in [4.69, 9.17) is 9.84 Å². The minimum Gasteiger partial charge on any atom is -0.478 e. The molecular weight excluding hydrogens is 340 g/mol. The number of ether oxygens (including phenoxy) is 1. The minimum absolute atomic E-state index is 0.272. The van der Waals surface area contributed by atoms with Gasteiger partial charge in [0.2, 0.25) is 0 Å². The SMILES string of the molecule is C=C(C)C(=O)OCCCCCC.CCC(=CC=Cc1ccccc1)C(=O)O. The Morgan fingerprint density at radius 1 is 1.11 bits per heavy atom. The van der Waals surface area contributed by atoms with Gasteiger partial charge in [0.15, 0.2) is 0 Å². The number of benzene rings is 1. The lowest BCUT2D eigenvalue weighted by Gasteiger charge is -2.02. The molecule has 1 rings (SSSR count). The van der Waals surface area contributed by atoms with E-state index in [1.54, 1.807) is 19.1 Å². The lowest BCUT2D eigenvalue weighted by molar-refractivity contribution is -0.139. The molecule has 148 valence electrons.